The smallest absolute Gasteiger partial charge is 1.00 e. The Morgan fingerprint density at radius 3 is 1.15 bits per heavy atom. The molecule has 0 fully saturated rings. The molecular weight excluding hydrogens is 541 g/mol. The van der Waals surface area contributed by atoms with Crippen LogP contribution in [0.2, 0.25) is 0 Å². The Morgan fingerprint density at radius 1 is 0.366 bits per heavy atom. The number of hydrogen-bond acceptors (Lipinski definition) is 0. The summed E-state index contributed by atoms with van der Waals surface area (Å²) < 4.78 is 0. The SMILES string of the molecule is [H-].[Na+].c1ccc(-c2cccc(CP(c3ccccc3)c3ccccc3)c2CP(c2ccccc2)c2ccccc2)cc1. The van der Waals surface area contributed by atoms with Gasteiger partial charge in [-0.15, -0.1) is 0 Å². The molecule has 0 aromatic heterocycles. The summed E-state index contributed by atoms with van der Waals surface area (Å²) in [4.78, 5) is 0. The molecule has 0 aliphatic rings. The van der Waals surface area contributed by atoms with Gasteiger partial charge in [-0.25, -0.2) is 0 Å². The van der Waals surface area contributed by atoms with Crippen molar-refractivity contribution < 1.29 is 31.0 Å². The van der Waals surface area contributed by atoms with Crippen LogP contribution >= 0.6 is 15.8 Å². The Labute approximate surface area is 270 Å². The van der Waals surface area contributed by atoms with Crippen molar-refractivity contribution in [3.63, 3.8) is 0 Å². The van der Waals surface area contributed by atoms with Crippen LogP contribution in [0.25, 0.3) is 11.1 Å². The van der Waals surface area contributed by atoms with Crippen LogP contribution in [0.15, 0.2) is 170 Å². The van der Waals surface area contributed by atoms with Crippen molar-refractivity contribution in [1.82, 2.24) is 0 Å². The first-order valence-electron chi connectivity index (χ1n) is 13.8. The average molecular weight is 575 g/mol. The van der Waals surface area contributed by atoms with E-state index in [1.807, 2.05) is 0 Å². The van der Waals surface area contributed by atoms with Crippen molar-refractivity contribution in [2.45, 2.75) is 12.3 Å². The van der Waals surface area contributed by atoms with Crippen molar-refractivity contribution in [1.29, 1.82) is 0 Å². The van der Waals surface area contributed by atoms with E-state index >= 15 is 0 Å². The van der Waals surface area contributed by atoms with E-state index in [1.54, 1.807) is 0 Å². The van der Waals surface area contributed by atoms with Gasteiger partial charge in [0.25, 0.3) is 0 Å². The average Bonchev–Trinajstić information content (AvgIpc) is 3.05. The predicted molar refractivity (Wildman–Crippen MR) is 179 cm³/mol. The van der Waals surface area contributed by atoms with Gasteiger partial charge in [0.15, 0.2) is 0 Å². The van der Waals surface area contributed by atoms with Crippen LogP contribution in [-0.4, -0.2) is 0 Å². The molecule has 0 amide bonds. The Balaban J connectivity index is 0.00000202. The van der Waals surface area contributed by atoms with Crippen molar-refractivity contribution in [3.05, 3.63) is 181 Å². The maximum absolute atomic E-state index is 2.38. The third kappa shape index (κ3) is 7.34. The summed E-state index contributed by atoms with van der Waals surface area (Å²) in [7, 11) is -1.13. The molecule has 6 aromatic rings. The standard InChI is InChI=1S/C38H32P2.Na.H/c1-6-17-31(18-7-1)37-28-16-19-32(29-39(33-20-8-2-9-21-33)34-22-10-3-11-23-34)38(37)30-40(35-24-12-4-13-25-35)36-26-14-5-15-27-36;;/h1-28H,29-30H2;;/q;+1;-1. The van der Waals surface area contributed by atoms with Gasteiger partial charge in [0.1, 0.15) is 0 Å². The summed E-state index contributed by atoms with van der Waals surface area (Å²) in [6.07, 6.45) is 2.03. The van der Waals surface area contributed by atoms with Gasteiger partial charge in [-0.3, -0.25) is 0 Å². The monoisotopic (exact) mass is 574 g/mol. The van der Waals surface area contributed by atoms with Crippen LogP contribution in [0, 0.1) is 0 Å². The normalized spacial score (nSPS) is 10.9. The summed E-state index contributed by atoms with van der Waals surface area (Å²) >= 11 is 0. The number of rotatable bonds is 9. The fraction of sp³-hybridized carbons (Fsp3) is 0.0526. The maximum Gasteiger partial charge on any atom is 1.00 e. The molecule has 41 heavy (non-hydrogen) atoms. The molecule has 0 aliphatic carbocycles. The molecule has 6 rings (SSSR count). The molecule has 0 radical (unpaired) electrons. The molecular formula is C38H33NaP2. The van der Waals surface area contributed by atoms with Crippen molar-refractivity contribution >= 4 is 37.1 Å². The minimum Gasteiger partial charge on any atom is -1.00 e. The molecule has 3 heteroatoms. The van der Waals surface area contributed by atoms with Crippen molar-refractivity contribution in [2.24, 2.45) is 0 Å². The molecule has 0 atom stereocenters. The van der Waals surface area contributed by atoms with Crippen LogP contribution < -0.4 is 50.8 Å². The summed E-state index contributed by atoms with van der Waals surface area (Å²) in [5.41, 5.74) is 5.58. The Morgan fingerprint density at radius 2 is 0.732 bits per heavy atom. The van der Waals surface area contributed by atoms with E-state index in [-0.39, 0.29) is 31.0 Å². The van der Waals surface area contributed by atoms with E-state index in [0.29, 0.717) is 0 Å². The van der Waals surface area contributed by atoms with Crippen LogP contribution in [0.3, 0.4) is 0 Å². The molecule has 0 spiro atoms. The van der Waals surface area contributed by atoms with Crippen LogP contribution in [0.4, 0.5) is 0 Å². The molecule has 0 aliphatic heterocycles. The summed E-state index contributed by atoms with van der Waals surface area (Å²) in [6.45, 7) is 0. The second kappa shape index (κ2) is 14.9. The zero-order valence-corrected chi connectivity index (χ0v) is 27.3. The fourth-order valence-electron chi connectivity index (χ4n) is 5.28. The Hall–Kier alpha value is -2.82. The van der Waals surface area contributed by atoms with E-state index in [0.717, 1.165) is 12.3 Å². The zero-order chi connectivity index (χ0) is 27.0. The third-order valence-electron chi connectivity index (χ3n) is 7.27. The maximum atomic E-state index is 2.38. The van der Waals surface area contributed by atoms with Gasteiger partial charge in [-0.2, -0.15) is 0 Å². The van der Waals surface area contributed by atoms with Crippen LogP contribution in [-0.2, 0) is 12.3 Å². The van der Waals surface area contributed by atoms with E-state index in [1.165, 1.54) is 43.5 Å². The molecule has 0 nitrogen and oxygen atoms in total. The largest absolute Gasteiger partial charge is 1.00 e. The third-order valence-corrected chi connectivity index (χ3v) is 12.2. The van der Waals surface area contributed by atoms with E-state index in [9.17, 15) is 0 Å². The second-order valence-electron chi connectivity index (χ2n) is 9.82. The minimum absolute atomic E-state index is 0. The van der Waals surface area contributed by atoms with Crippen molar-refractivity contribution in [2.75, 3.05) is 0 Å². The summed E-state index contributed by atoms with van der Waals surface area (Å²) in [5.74, 6) is 0. The van der Waals surface area contributed by atoms with E-state index in [4.69, 9.17) is 0 Å². The first-order chi connectivity index (χ1) is 19.9. The van der Waals surface area contributed by atoms with Gasteiger partial charge in [0, 0.05) is 12.3 Å². The Bertz CT molecular complexity index is 1550. The summed E-state index contributed by atoms with van der Waals surface area (Å²) in [5, 5.41) is 5.69. The van der Waals surface area contributed by atoms with Gasteiger partial charge in [0.05, 0.1) is 0 Å². The molecule has 6 aromatic carbocycles. The van der Waals surface area contributed by atoms with Gasteiger partial charge in [0.2, 0.25) is 0 Å². The van der Waals surface area contributed by atoms with E-state index in [2.05, 4.69) is 170 Å². The predicted octanol–water partition coefficient (Wildman–Crippen LogP) is 5.74. The minimum atomic E-state index is -0.576. The second-order valence-corrected chi connectivity index (χ2v) is 14.2. The van der Waals surface area contributed by atoms with Crippen LogP contribution in [0.5, 0.6) is 0 Å². The zero-order valence-electron chi connectivity index (χ0n) is 24.5. The van der Waals surface area contributed by atoms with E-state index < -0.39 is 15.8 Å². The quantitative estimate of drug-likeness (QED) is 0.153. The topological polar surface area (TPSA) is 0 Å². The molecule has 196 valence electrons. The summed E-state index contributed by atoms with van der Waals surface area (Å²) in [6, 6.07) is 62.3. The molecule has 0 saturated carbocycles. The first kappa shape index (κ1) is 29.7. The van der Waals surface area contributed by atoms with Gasteiger partial charge in [-0.05, 0) is 59.3 Å². The van der Waals surface area contributed by atoms with Gasteiger partial charge < -0.3 is 1.43 Å². The number of hydrogen-bond donors (Lipinski definition) is 0. The molecule has 0 heterocycles. The van der Waals surface area contributed by atoms with Gasteiger partial charge in [-0.1, -0.05) is 170 Å². The molecule has 0 saturated heterocycles. The van der Waals surface area contributed by atoms with Crippen molar-refractivity contribution in [3.8, 4) is 11.1 Å². The fourth-order valence-corrected chi connectivity index (χ4v) is 10.1. The van der Waals surface area contributed by atoms with Crippen LogP contribution in [0.1, 0.15) is 12.6 Å². The molecule has 0 unspecified atom stereocenters. The van der Waals surface area contributed by atoms with Gasteiger partial charge >= 0.3 is 29.6 Å². The molecule has 0 N–H and O–H groups in total. The Kier molecular flexibility index (Phi) is 10.8. The molecule has 0 bridgehead atoms. The number of benzene rings is 6. The first-order valence-corrected chi connectivity index (χ1v) is 16.8.